The van der Waals surface area contributed by atoms with Crippen LogP contribution in [0.2, 0.25) is 0 Å². The van der Waals surface area contributed by atoms with Crippen molar-refractivity contribution in [1.29, 1.82) is 0 Å². The molecule has 0 nitrogen and oxygen atoms in total. The summed E-state index contributed by atoms with van der Waals surface area (Å²) in [5.74, 6) is 0. The van der Waals surface area contributed by atoms with Gasteiger partial charge in [-0.25, -0.2) is 11.6 Å². The van der Waals surface area contributed by atoms with E-state index in [1.807, 2.05) is 0 Å². The van der Waals surface area contributed by atoms with Crippen molar-refractivity contribution in [2.24, 2.45) is 0 Å². The van der Waals surface area contributed by atoms with E-state index in [4.69, 9.17) is 0 Å². The van der Waals surface area contributed by atoms with Gasteiger partial charge in [0.05, 0.1) is 0 Å². The summed E-state index contributed by atoms with van der Waals surface area (Å²) in [5.41, 5.74) is 24.6. The molecule has 0 amide bonds. The maximum Gasteiger partial charge on any atom is 0.00873 e. The van der Waals surface area contributed by atoms with Crippen LogP contribution in [0, 0.1) is 26.8 Å². The van der Waals surface area contributed by atoms with E-state index in [1.165, 1.54) is 122 Å². The van der Waals surface area contributed by atoms with Crippen LogP contribution in [0.5, 0.6) is 0 Å². The monoisotopic (exact) mass is 870 g/mol. The number of hydrogen-bond acceptors (Lipinski definition) is 0. The van der Waals surface area contributed by atoms with Crippen LogP contribution in [0.25, 0.3) is 22.3 Å². The van der Waals surface area contributed by atoms with Crippen LogP contribution in [0.3, 0.4) is 0 Å². The van der Waals surface area contributed by atoms with Gasteiger partial charge in [0, 0.05) is 5.41 Å². The fourth-order valence-electron chi connectivity index (χ4n) is 8.67. The maximum absolute atomic E-state index is 3.65. The summed E-state index contributed by atoms with van der Waals surface area (Å²) in [6.07, 6.45) is 7.13. The van der Waals surface area contributed by atoms with E-state index in [0.717, 1.165) is 6.42 Å². The predicted molar refractivity (Wildman–Crippen MR) is 236 cm³/mol. The molecule has 5 aromatic rings. The summed E-state index contributed by atoms with van der Waals surface area (Å²) < 4.78 is 1.42. The second kappa shape index (κ2) is 17.0. The first kappa shape index (κ1) is 46.7. The molecular formula is C54H62Cl2Zr-2. The van der Waals surface area contributed by atoms with Gasteiger partial charge in [-0.3, -0.25) is 6.08 Å². The fraction of sp³-hybridized carbons (Fsp3) is 0.370. The Kier molecular flexibility index (Phi) is 13.9. The van der Waals surface area contributed by atoms with Gasteiger partial charge < -0.3 is 24.8 Å². The van der Waals surface area contributed by atoms with E-state index >= 15 is 0 Å². The van der Waals surface area contributed by atoms with Crippen molar-refractivity contribution >= 4 is 14.4 Å². The Morgan fingerprint density at radius 1 is 0.614 bits per heavy atom. The molecule has 0 saturated heterocycles. The fourth-order valence-corrected chi connectivity index (χ4v) is 9.49. The van der Waals surface area contributed by atoms with Crippen LogP contribution in [-0.4, -0.2) is 3.21 Å². The number of hydrogen-bond donors (Lipinski definition) is 0. The van der Waals surface area contributed by atoms with Crippen LogP contribution < -0.4 is 24.8 Å². The largest absolute Gasteiger partial charge is 1.00 e. The van der Waals surface area contributed by atoms with Crippen molar-refractivity contribution < 1.29 is 49.0 Å². The van der Waals surface area contributed by atoms with E-state index in [-0.39, 0.29) is 46.5 Å². The van der Waals surface area contributed by atoms with Gasteiger partial charge in [-0.15, -0.1) is 11.6 Å². The Balaban J connectivity index is 0.000000207. The predicted octanol–water partition coefficient (Wildman–Crippen LogP) is 8.19. The topological polar surface area (TPSA) is 0 Å². The molecule has 8 rings (SSSR count). The molecule has 0 aromatic heterocycles. The van der Waals surface area contributed by atoms with Gasteiger partial charge in [0.25, 0.3) is 0 Å². The Hall–Kier alpha value is -2.96. The smallest absolute Gasteiger partial charge is 0.00873 e. The Morgan fingerprint density at radius 2 is 1.07 bits per heavy atom. The van der Waals surface area contributed by atoms with Crippen molar-refractivity contribution in [3.8, 4) is 11.1 Å². The molecule has 3 aliphatic rings. The minimum absolute atomic E-state index is 0. The summed E-state index contributed by atoms with van der Waals surface area (Å²) in [4.78, 5) is 0. The van der Waals surface area contributed by atoms with Crippen molar-refractivity contribution in [3.05, 3.63) is 169 Å². The van der Waals surface area contributed by atoms with Crippen LogP contribution >= 0.6 is 0 Å². The summed E-state index contributed by atoms with van der Waals surface area (Å²) in [5, 5.41) is 0. The molecule has 0 atom stereocenters. The Labute approximate surface area is 373 Å². The minimum Gasteiger partial charge on any atom is -1.00 e. The molecule has 0 bridgehead atoms. The van der Waals surface area contributed by atoms with Crippen molar-refractivity contribution in [1.82, 2.24) is 0 Å². The van der Waals surface area contributed by atoms with Gasteiger partial charge in [0.15, 0.2) is 0 Å². The number of rotatable bonds is 2. The van der Waals surface area contributed by atoms with Gasteiger partial charge in [0.2, 0.25) is 0 Å². The van der Waals surface area contributed by atoms with E-state index in [0.29, 0.717) is 0 Å². The molecule has 0 N–H and O–H groups in total. The third-order valence-electron chi connectivity index (χ3n) is 12.0. The molecule has 0 radical (unpaired) electrons. The first-order valence-corrected chi connectivity index (χ1v) is 21.4. The molecule has 0 heterocycles. The molecule has 0 unspecified atom stereocenters. The van der Waals surface area contributed by atoms with Crippen molar-refractivity contribution in [2.75, 3.05) is 0 Å². The zero-order valence-corrected chi connectivity index (χ0v) is 41.1. The number of aryl methyl sites for hydroxylation is 3. The van der Waals surface area contributed by atoms with Gasteiger partial charge >= 0.3 is 151 Å². The molecular weight excluding hydrogens is 811 g/mol. The zero-order chi connectivity index (χ0) is 40.4. The van der Waals surface area contributed by atoms with Crippen molar-refractivity contribution in [3.63, 3.8) is 0 Å². The van der Waals surface area contributed by atoms with E-state index in [1.54, 1.807) is 0 Å². The third kappa shape index (κ3) is 9.75. The third-order valence-corrected chi connectivity index (χ3v) is 13.4. The molecule has 0 aliphatic heterocycles. The molecule has 3 aliphatic carbocycles. The minimum atomic E-state index is 0. The molecule has 0 fully saturated rings. The molecule has 0 spiro atoms. The molecule has 0 saturated carbocycles. The Morgan fingerprint density at radius 3 is 1.47 bits per heavy atom. The van der Waals surface area contributed by atoms with Gasteiger partial charge in [0.1, 0.15) is 0 Å². The van der Waals surface area contributed by atoms with Gasteiger partial charge in [-0.05, 0) is 58.4 Å². The molecule has 298 valence electrons. The van der Waals surface area contributed by atoms with Crippen molar-refractivity contribution in [2.45, 2.75) is 132 Å². The summed E-state index contributed by atoms with van der Waals surface area (Å²) in [6.45, 7) is 33.6. The second-order valence-corrected chi connectivity index (χ2v) is 20.9. The maximum atomic E-state index is 3.65. The van der Waals surface area contributed by atoms with Crippen LogP contribution in [0.1, 0.15) is 155 Å². The average molecular weight is 873 g/mol. The van der Waals surface area contributed by atoms with Crippen LogP contribution in [0.15, 0.2) is 91.0 Å². The van der Waals surface area contributed by atoms with Crippen LogP contribution in [0.4, 0.5) is 0 Å². The van der Waals surface area contributed by atoms with E-state index in [2.05, 4.69) is 201 Å². The standard InChI is InChI=1S/C25H25.C21H26.C8H11.2ClH.Zr/c1-14-12-24(3,4)22-8-16-7-17-9-23-19(15(2)13-25(23,5)6)11-21(17)20(16)10-18(14)22;1-20(2,3)18-11-7-16(8-12-18)15-17-9-13-19(14-10-17)21(4,5)6;1-6-4-7(2)8(3)5-6;;;/h8-12H,7H2,1-6H3;7-14H,1-6H3;4-5H,1-3H3;2*1H;/q-1;;-1;;;+2/p-2. The molecule has 57 heavy (non-hydrogen) atoms. The van der Waals surface area contributed by atoms with Gasteiger partial charge in [-0.1, -0.05) is 79.0 Å². The first-order chi connectivity index (χ1) is 25.5. The first-order valence-electron chi connectivity index (χ1n) is 20.1. The van der Waals surface area contributed by atoms with E-state index in [9.17, 15) is 0 Å². The number of fused-ring (bicyclic) bond motifs is 5. The number of halogens is 2. The average Bonchev–Trinajstić information content (AvgIpc) is 3.75. The Bertz CT molecular complexity index is 2180. The molecule has 3 heteroatoms. The van der Waals surface area contributed by atoms with Crippen LogP contribution in [-0.2, 0) is 52.3 Å². The summed E-state index contributed by atoms with van der Waals surface area (Å²) >= 11 is 1.46. The SMILES string of the molecule is CC(C)(C)c1ccc([C](=[Zr+2])c2ccc(C(C)(C)C)cc2)cc1.CC1=[C-]C(C)(C)c2cc3c(cc21)-c1cc2c(cc1C3)C(C)(C)C=C2C.Cc1cc(C)c(C)[cH-]1.[Cl-].[Cl-]. The molecule has 5 aromatic carbocycles. The van der Waals surface area contributed by atoms with Gasteiger partial charge in [-0.2, -0.15) is 28.3 Å². The summed E-state index contributed by atoms with van der Waals surface area (Å²) in [7, 11) is 0. The van der Waals surface area contributed by atoms with E-state index < -0.39 is 0 Å². The zero-order valence-electron chi connectivity index (χ0n) is 37.1. The normalized spacial score (nSPS) is 15.2. The number of benzene rings is 4. The second-order valence-electron chi connectivity index (χ2n) is 19.6. The quantitative estimate of drug-likeness (QED) is 0.154. The summed E-state index contributed by atoms with van der Waals surface area (Å²) in [6, 6.07) is 32.3. The number of allylic oxidation sites excluding steroid dienone is 4.